The zero-order valence-electron chi connectivity index (χ0n) is 15.8. The van der Waals surface area contributed by atoms with Gasteiger partial charge in [-0.25, -0.2) is 4.98 Å². The van der Waals surface area contributed by atoms with E-state index < -0.39 is 0 Å². The van der Waals surface area contributed by atoms with Crippen molar-refractivity contribution in [1.29, 1.82) is 0 Å². The van der Waals surface area contributed by atoms with Crippen LogP contribution in [-0.4, -0.2) is 42.5 Å². The Morgan fingerprint density at radius 2 is 1.75 bits per heavy atom. The number of imidazole rings is 1. The summed E-state index contributed by atoms with van der Waals surface area (Å²) in [6.45, 7) is 0. The number of nitrogens with one attached hydrogen (secondary N) is 1. The van der Waals surface area contributed by atoms with Gasteiger partial charge in [0.1, 0.15) is 17.2 Å². The van der Waals surface area contributed by atoms with Gasteiger partial charge in [0.15, 0.2) is 5.16 Å². The van der Waals surface area contributed by atoms with E-state index in [0.29, 0.717) is 17.2 Å². The van der Waals surface area contributed by atoms with Gasteiger partial charge in [-0.15, -0.1) is 0 Å². The Labute approximate surface area is 167 Å². The molecule has 1 aromatic heterocycles. The summed E-state index contributed by atoms with van der Waals surface area (Å²) in [6.07, 6.45) is 3.56. The lowest BCUT2D eigenvalue weighted by Crippen LogP contribution is -2.15. The maximum Gasteiger partial charge on any atom is 0.234 e. The Morgan fingerprint density at radius 1 is 1.04 bits per heavy atom. The van der Waals surface area contributed by atoms with Crippen LogP contribution in [0.5, 0.6) is 17.2 Å². The quantitative estimate of drug-likeness (QED) is 0.583. The van der Waals surface area contributed by atoms with Crippen molar-refractivity contribution in [3.05, 3.63) is 54.9 Å². The topological polar surface area (TPSA) is 74.6 Å². The van der Waals surface area contributed by atoms with Gasteiger partial charge in [-0.2, -0.15) is 0 Å². The van der Waals surface area contributed by atoms with Crippen molar-refractivity contribution in [2.24, 2.45) is 0 Å². The molecule has 1 heterocycles. The first-order valence-corrected chi connectivity index (χ1v) is 9.45. The summed E-state index contributed by atoms with van der Waals surface area (Å²) >= 11 is 1.35. The molecule has 1 N–H and O–H groups in total. The van der Waals surface area contributed by atoms with Crippen molar-refractivity contribution in [3.8, 4) is 22.9 Å². The Morgan fingerprint density at radius 3 is 2.43 bits per heavy atom. The van der Waals surface area contributed by atoms with Gasteiger partial charge < -0.3 is 19.5 Å². The fourth-order valence-corrected chi connectivity index (χ4v) is 3.34. The maximum atomic E-state index is 12.4. The molecule has 0 radical (unpaired) electrons. The lowest BCUT2D eigenvalue weighted by atomic mass is 10.2. The largest absolute Gasteiger partial charge is 0.497 e. The molecule has 28 heavy (non-hydrogen) atoms. The lowest BCUT2D eigenvalue weighted by Gasteiger charge is -2.12. The van der Waals surface area contributed by atoms with E-state index in [0.717, 1.165) is 16.6 Å². The van der Waals surface area contributed by atoms with E-state index in [1.54, 1.807) is 45.7 Å². The van der Waals surface area contributed by atoms with Crippen molar-refractivity contribution < 1.29 is 19.0 Å². The van der Waals surface area contributed by atoms with E-state index in [2.05, 4.69) is 10.3 Å². The number of rotatable bonds is 8. The molecular weight excluding hydrogens is 378 g/mol. The van der Waals surface area contributed by atoms with Gasteiger partial charge in [0.2, 0.25) is 5.91 Å². The highest BCUT2D eigenvalue weighted by Crippen LogP contribution is 2.29. The fourth-order valence-electron chi connectivity index (χ4n) is 2.56. The molecule has 146 valence electrons. The maximum absolute atomic E-state index is 12.4. The van der Waals surface area contributed by atoms with Crippen LogP contribution in [0.3, 0.4) is 0 Å². The third-order valence-corrected chi connectivity index (χ3v) is 4.94. The standard InChI is InChI=1S/C20H21N3O4S/c1-25-15-6-4-14(5-7-15)23-11-10-21-20(23)28-13-19(24)22-17-12-16(26-2)8-9-18(17)27-3/h4-12H,13H2,1-3H3,(H,22,24). The Hall–Kier alpha value is -3.13. The minimum atomic E-state index is -0.166. The SMILES string of the molecule is COc1ccc(-n2ccnc2SCC(=O)Nc2cc(OC)ccc2OC)cc1. The number of ether oxygens (including phenoxy) is 3. The van der Waals surface area contributed by atoms with E-state index in [-0.39, 0.29) is 11.7 Å². The third kappa shape index (κ3) is 4.58. The van der Waals surface area contributed by atoms with E-state index in [1.165, 1.54) is 11.8 Å². The predicted octanol–water partition coefficient (Wildman–Crippen LogP) is 3.63. The normalized spacial score (nSPS) is 10.4. The van der Waals surface area contributed by atoms with Gasteiger partial charge in [0, 0.05) is 24.1 Å². The van der Waals surface area contributed by atoms with E-state index in [4.69, 9.17) is 14.2 Å². The summed E-state index contributed by atoms with van der Waals surface area (Å²) in [5.41, 5.74) is 1.50. The number of amides is 1. The van der Waals surface area contributed by atoms with Crippen molar-refractivity contribution in [1.82, 2.24) is 9.55 Å². The molecule has 8 heteroatoms. The molecule has 0 aliphatic rings. The average Bonchev–Trinajstić information content (AvgIpc) is 3.21. The Balaban J connectivity index is 1.67. The van der Waals surface area contributed by atoms with Crippen LogP contribution in [0.25, 0.3) is 5.69 Å². The number of hydrogen-bond acceptors (Lipinski definition) is 6. The van der Waals surface area contributed by atoms with Gasteiger partial charge in [-0.1, -0.05) is 11.8 Å². The van der Waals surface area contributed by atoms with Gasteiger partial charge >= 0.3 is 0 Å². The number of benzene rings is 2. The molecule has 3 rings (SSSR count). The first-order valence-electron chi connectivity index (χ1n) is 8.47. The van der Waals surface area contributed by atoms with E-state index >= 15 is 0 Å². The van der Waals surface area contributed by atoms with Crippen LogP contribution in [0.2, 0.25) is 0 Å². The summed E-state index contributed by atoms with van der Waals surface area (Å²) in [4.78, 5) is 16.8. The van der Waals surface area contributed by atoms with Crippen molar-refractivity contribution in [3.63, 3.8) is 0 Å². The minimum absolute atomic E-state index is 0.166. The number of anilines is 1. The molecule has 0 fully saturated rings. The molecule has 0 unspecified atom stereocenters. The molecule has 0 aliphatic heterocycles. The highest BCUT2D eigenvalue weighted by Gasteiger charge is 2.12. The predicted molar refractivity (Wildman–Crippen MR) is 109 cm³/mol. The molecule has 0 saturated heterocycles. The van der Waals surface area contributed by atoms with Gasteiger partial charge in [0.25, 0.3) is 0 Å². The highest BCUT2D eigenvalue weighted by molar-refractivity contribution is 7.99. The molecule has 7 nitrogen and oxygen atoms in total. The first-order chi connectivity index (χ1) is 13.6. The molecule has 3 aromatic rings. The van der Waals surface area contributed by atoms with Crippen LogP contribution in [0.4, 0.5) is 5.69 Å². The van der Waals surface area contributed by atoms with Crippen molar-refractivity contribution in [2.45, 2.75) is 5.16 Å². The number of thioether (sulfide) groups is 1. The molecule has 1 amide bonds. The smallest absolute Gasteiger partial charge is 0.234 e. The molecule has 0 spiro atoms. The molecule has 0 saturated carbocycles. The van der Waals surface area contributed by atoms with Crippen LogP contribution in [0.1, 0.15) is 0 Å². The fraction of sp³-hybridized carbons (Fsp3) is 0.200. The molecule has 0 aliphatic carbocycles. The monoisotopic (exact) mass is 399 g/mol. The van der Waals surface area contributed by atoms with E-state index in [9.17, 15) is 4.79 Å². The third-order valence-electron chi connectivity index (χ3n) is 3.97. The van der Waals surface area contributed by atoms with Gasteiger partial charge in [-0.05, 0) is 36.4 Å². The van der Waals surface area contributed by atoms with Crippen LogP contribution >= 0.6 is 11.8 Å². The average molecular weight is 399 g/mol. The number of nitrogens with zero attached hydrogens (tertiary/aromatic N) is 2. The van der Waals surface area contributed by atoms with E-state index in [1.807, 2.05) is 35.0 Å². The first kappa shape index (κ1) is 19.6. The van der Waals surface area contributed by atoms with Crippen LogP contribution < -0.4 is 19.5 Å². The molecule has 2 aromatic carbocycles. The summed E-state index contributed by atoms with van der Waals surface area (Å²) < 4.78 is 17.6. The summed E-state index contributed by atoms with van der Waals surface area (Å²) in [5.74, 6) is 2.02. The van der Waals surface area contributed by atoms with Gasteiger partial charge in [-0.3, -0.25) is 9.36 Å². The van der Waals surface area contributed by atoms with Crippen LogP contribution in [-0.2, 0) is 4.79 Å². The zero-order valence-corrected chi connectivity index (χ0v) is 16.7. The second kappa shape index (κ2) is 9.18. The summed E-state index contributed by atoms with van der Waals surface area (Å²) in [6, 6.07) is 12.9. The zero-order chi connectivity index (χ0) is 19.9. The van der Waals surface area contributed by atoms with Crippen LogP contribution in [0.15, 0.2) is 60.0 Å². The van der Waals surface area contributed by atoms with Crippen LogP contribution in [0, 0.1) is 0 Å². The van der Waals surface area contributed by atoms with Gasteiger partial charge in [0.05, 0.1) is 32.8 Å². The molecule has 0 atom stereocenters. The summed E-state index contributed by atoms with van der Waals surface area (Å²) in [7, 11) is 4.75. The lowest BCUT2D eigenvalue weighted by molar-refractivity contribution is -0.113. The number of carbonyl (C=O) groups is 1. The highest BCUT2D eigenvalue weighted by atomic mass is 32.2. The molecular formula is C20H21N3O4S. The Bertz CT molecular complexity index is 941. The minimum Gasteiger partial charge on any atom is -0.497 e. The van der Waals surface area contributed by atoms with Crippen molar-refractivity contribution >= 4 is 23.4 Å². The number of aromatic nitrogens is 2. The molecule has 0 bridgehead atoms. The number of hydrogen-bond donors (Lipinski definition) is 1. The number of carbonyl (C=O) groups excluding carboxylic acids is 1. The second-order valence-electron chi connectivity index (χ2n) is 5.68. The summed E-state index contributed by atoms with van der Waals surface area (Å²) in [5, 5.41) is 3.57. The number of methoxy groups -OCH3 is 3. The van der Waals surface area contributed by atoms with Crippen molar-refractivity contribution in [2.75, 3.05) is 32.4 Å². The second-order valence-corrected chi connectivity index (χ2v) is 6.62. The Kier molecular flexibility index (Phi) is 6.44.